The third kappa shape index (κ3) is 3.00. The minimum Gasteiger partial charge on any atom is -0.508 e. The Kier molecular flexibility index (Phi) is 3.66. The van der Waals surface area contributed by atoms with Crippen molar-refractivity contribution < 1.29 is 14.3 Å². The molecule has 2 N–H and O–H groups in total. The van der Waals surface area contributed by atoms with Gasteiger partial charge in [0.25, 0.3) is 5.91 Å². The molecule has 0 saturated carbocycles. The number of anilines is 1. The Morgan fingerprint density at radius 2 is 2.16 bits per heavy atom. The number of amides is 1. The first-order chi connectivity index (χ1) is 8.97. The van der Waals surface area contributed by atoms with E-state index in [-0.39, 0.29) is 16.5 Å². The molecule has 6 heteroatoms. The third-order valence-electron chi connectivity index (χ3n) is 2.52. The first kappa shape index (κ1) is 13.3. The normalized spacial score (nSPS) is 10.3. The van der Waals surface area contributed by atoms with E-state index in [1.807, 2.05) is 0 Å². The lowest BCUT2D eigenvalue weighted by Gasteiger charge is -2.07. The van der Waals surface area contributed by atoms with Gasteiger partial charge >= 0.3 is 0 Å². The Bertz CT molecular complexity index is 647. The van der Waals surface area contributed by atoms with E-state index >= 15 is 0 Å². The van der Waals surface area contributed by atoms with E-state index in [0.717, 1.165) is 12.3 Å². The third-order valence-corrected chi connectivity index (χ3v) is 2.82. The van der Waals surface area contributed by atoms with E-state index in [1.54, 1.807) is 19.1 Å². The number of pyridine rings is 1. The van der Waals surface area contributed by atoms with E-state index in [4.69, 9.17) is 11.6 Å². The van der Waals surface area contributed by atoms with Gasteiger partial charge in [-0.3, -0.25) is 4.79 Å². The molecule has 0 aliphatic heterocycles. The number of hydrogen-bond acceptors (Lipinski definition) is 3. The Labute approximate surface area is 113 Å². The van der Waals surface area contributed by atoms with Gasteiger partial charge in [0.05, 0.1) is 11.8 Å². The molecule has 1 aromatic heterocycles. The highest BCUT2D eigenvalue weighted by molar-refractivity contribution is 6.33. The minimum absolute atomic E-state index is 0.0567. The van der Waals surface area contributed by atoms with Gasteiger partial charge in [0.15, 0.2) is 0 Å². The molecule has 1 heterocycles. The van der Waals surface area contributed by atoms with Gasteiger partial charge in [-0.25, -0.2) is 9.37 Å². The highest BCUT2D eigenvalue weighted by Gasteiger charge is 2.13. The second-order valence-corrected chi connectivity index (χ2v) is 4.31. The molecule has 98 valence electrons. The summed E-state index contributed by atoms with van der Waals surface area (Å²) in [6.45, 7) is 1.73. The molecule has 4 nitrogen and oxygen atoms in total. The Morgan fingerprint density at radius 1 is 1.42 bits per heavy atom. The fraction of sp³-hybridized carbons (Fsp3) is 0.0769. The van der Waals surface area contributed by atoms with Gasteiger partial charge in [0, 0.05) is 11.8 Å². The first-order valence-corrected chi connectivity index (χ1v) is 5.77. The maximum Gasteiger partial charge on any atom is 0.258 e. The smallest absolute Gasteiger partial charge is 0.258 e. The van der Waals surface area contributed by atoms with Gasteiger partial charge in [-0.15, -0.1) is 0 Å². The number of carbonyl (C=O) groups is 1. The van der Waals surface area contributed by atoms with E-state index in [1.165, 1.54) is 6.07 Å². The Morgan fingerprint density at radius 3 is 2.84 bits per heavy atom. The van der Waals surface area contributed by atoms with Crippen LogP contribution in [0, 0.1) is 12.7 Å². The van der Waals surface area contributed by atoms with Gasteiger partial charge < -0.3 is 10.4 Å². The van der Waals surface area contributed by atoms with E-state index in [2.05, 4.69) is 10.3 Å². The number of rotatable bonds is 2. The molecule has 0 radical (unpaired) electrons. The fourth-order valence-corrected chi connectivity index (χ4v) is 1.66. The van der Waals surface area contributed by atoms with Crippen LogP contribution in [0.15, 0.2) is 30.5 Å². The zero-order valence-corrected chi connectivity index (χ0v) is 10.7. The molecule has 2 rings (SSSR count). The minimum atomic E-state index is -0.652. The molecule has 0 aliphatic carbocycles. The average molecular weight is 281 g/mol. The van der Waals surface area contributed by atoms with Crippen LogP contribution in [0.5, 0.6) is 5.75 Å². The van der Waals surface area contributed by atoms with Crippen molar-refractivity contribution in [3.8, 4) is 5.75 Å². The Hall–Kier alpha value is -2.14. The highest BCUT2D eigenvalue weighted by atomic mass is 35.5. The molecular weight excluding hydrogens is 271 g/mol. The van der Waals surface area contributed by atoms with Crippen molar-refractivity contribution in [2.75, 3.05) is 5.32 Å². The maximum absolute atomic E-state index is 13.0. The zero-order valence-electron chi connectivity index (χ0n) is 9.95. The van der Waals surface area contributed by atoms with Crippen LogP contribution < -0.4 is 5.32 Å². The predicted octanol–water partition coefficient (Wildman–Crippen LogP) is 3.14. The number of hydrogen-bond donors (Lipinski definition) is 2. The maximum atomic E-state index is 13.0. The summed E-state index contributed by atoms with van der Waals surface area (Å²) in [5.41, 5.74) is 0.999. The van der Waals surface area contributed by atoms with E-state index in [0.29, 0.717) is 11.3 Å². The summed E-state index contributed by atoms with van der Waals surface area (Å²) in [5, 5.41) is 11.9. The number of carbonyl (C=O) groups excluding carboxylic acids is 1. The van der Waals surface area contributed by atoms with E-state index < -0.39 is 11.7 Å². The van der Waals surface area contributed by atoms with Gasteiger partial charge in [-0.1, -0.05) is 17.7 Å². The summed E-state index contributed by atoms with van der Waals surface area (Å²) in [7, 11) is 0. The second-order valence-electron chi connectivity index (χ2n) is 3.95. The van der Waals surface area contributed by atoms with Crippen molar-refractivity contribution in [1.82, 2.24) is 4.98 Å². The molecule has 1 aromatic carbocycles. The molecule has 0 spiro atoms. The summed E-state index contributed by atoms with van der Waals surface area (Å²) < 4.78 is 13.0. The number of benzene rings is 1. The quantitative estimate of drug-likeness (QED) is 0.831. The van der Waals surface area contributed by atoms with Gasteiger partial charge in [0.2, 0.25) is 0 Å². The van der Waals surface area contributed by atoms with Crippen molar-refractivity contribution in [2.24, 2.45) is 0 Å². The number of aromatic nitrogens is 1. The lowest BCUT2D eigenvalue weighted by atomic mass is 10.2. The molecule has 0 bridgehead atoms. The topological polar surface area (TPSA) is 62.2 Å². The molecule has 0 atom stereocenters. The number of nitrogens with one attached hydrogen (secondary N) is 1. The summed E-state index contributed by atoms with van der Waals surface area (Å²) >= 11 is 5.73. The van der Waals surface area contributed by atoms with Crippen LogP contribution >= 0.6 is 11.6 Å². The first-order valence-electron chi connectivity index (χ1n) is 5.39. The highest BCUT2D eigenvalue weighted by Crippen LogP contribution is 2.22. The van der Waals surface area contributed by atoms with Crippen molar-refractivity contribution in [3.63, 3.8) is 0 Å². The van der Waals surface area contributed by atoms with Crippen LogP contribution in [-0.4, -0.2) is 16.0 Å². The standard InChI is InChI=1S/C13H10ClFN2O2/c1-7-2-3-9(5-11(7)18)17-13(19)10-4-8(15)6-16-12(10)14/h2-6,18H,1H3,(H,17,19). The summed E-state index contributed by atoms with van der Waals surface area (Å²) in [4.78, 5) is 15.5. The number of phenols is 1. The SMILES string of the molecule is Cc1ccc(NC(=O)c2cc(F)cnc2Cl)cc1O. The van der Waals surface area contributed by atoms with Crippen LogP contribution in [0.1, 0.15) is 15.9 Å². The number of phenolic OH excluding ortho intramolecular Hbond substituents is 1. The van der Waals surface area contributed by atoms with Gasteiger partial charge in [0.1, 0.15) is 16.7 Å². The summed E-state index contributed by atoms with van der Waals surface area (Å²) in [5.74, 6) is -1.19. The predicted molar refractivity (Wildman–Crippen MR) is 70.0 cm³/mol. The van der Waals surface area contributed by atoms with Crippen LogP contribution in [0.2, 0.25) is 5.15 Å². The molecule has 2 aromatic rings. The van der Waals surface area contributed by atoms with Crippen LogP contribution in [0.3, 0.4) is 0 Å². The number of halogens is 2. The molecule has 0 saturated heterocycles. The zero-order chi connectivity index (χ0) is 14.0. The second kappa shape index (κ2) is 5.24. The van der Waals surface area contributed by atoms with Crippen LogP contribution in [0.4, 0.5) is 10.1 Å². The molecular formula is C13H10ClFN2O2. The average Bonchev–Trinajstić information content (AvgIpc) is 2.36. The summed E-state index contributed by atoms with van der Waals surface area (Å²) in [6.07, 6.45) is 0.927. The van der Waals surface area contributed by atoms with Crippen molar-refractivity contribution in [1.29, 1.82) is 0 Å². The molecule has 1 amide bonds. The molecule has 0 fully saturated rings. The largest absolute Gasteiger partial charge is 0.508 e. The number of aromatic hydroxyl groups is 1. The van der Waals surface area contributed by atoms with Crippen molar-refractivity contribution >= 4 is 23.2 Å². The van der Waals surface area contributed by atoms with E-state index in [9.17, 15) is 14.3 Å². The van der Waals surface area contributed by atoms with Crippen molar-refractivity contribution in [3.05, 3.63) is 52.6 Å². The Balaban J connectivity index is 2.25. The monoisotopic (exact) mass is 280 g/mol. The fourth-order valence-electron chi connectivity index (χ4n) is 1.47. The molecule has 19 heavy (non-hydrogen) atoms. The van der Waals surface area contributed by atoms with Gasteiger partial charge in [-0.05, 0) is 24.6 Å². The lowest BCUT2D eigenvalue weighted by Crippen LogP contribution is -2.13. The molecule has 0 unspecified atom stereocenters. The van der Waals surface area contributed by atoms with Crippen LogP contribution in [0.25, 0.3) is 0 Å². The number of nitrogens with zero attached hydrogens (tertiary/aromatic N) is 1. The molecule has 0 aliphatic rings. The lowest BCUT2D eigenvalue weighted by molar-refractivity contribution is 0.102. The van der Waals surface area contributed by atoms with Crippen molar-refractivity contribution in [2.45, 2.75) is 6.92 Å². The van der Waals surface area contributed by atoms with Gasteiger partial charge in [-0.2, -0.15) is 0 Å². The van der Waals surface area contributed by atoms with Crippen LogP contribution in [-0.2, 0) is 0 Å². The summed E-state index contributed by atoms with van der Waals surface area (Å²) in [6, 6.07) is 5.66. The number of aryl methyl sites for hydroxylation is 1.